The number of rotatable bonds is 7. The maximum atomic E-state index is 11.3. The fraction of sp³-hybridized carbons (Fsp3) is 1.00. The molecule has 0 aromatic carbocycles. The van der Waals surface area contributed by atoms with Gasteiger partial charge in [0.15, 0.2) is 0 Å². The second kappa shape index (κ2) is 5.44. The lowest BCUT2D eigenvalue weighted by molar-refractivity contribution is 0.217. The Morgan fingerprint density at radius 3 is 2.71 bits per heavy atom. The van der Waals surface area contributed by atoms with Crippen molar-refractivity contribution in [3.63, 3.8) is 0 Å². The molecule has 1 fully saturated rings. The highest BCUT2D eigenvalue weighted by Crippen LogP contribution is 2.36. The summed E-state index contributed by atoms with van der Waals surface area (Å²) in [7, 11) is -1.66. The zero-order chi connectivity index (χ0) is 10.6. The third kappa shape index (κ3) is 4.72. The van der Waals surface area contributed by atoms with Crippen molar-refractivity contribution in [3.05, 3.63) is 0 Å². The summed E-state index contributed by atoms with van der Waals surface area (Å²) in [5.41, 5.74) is 0. The molecule has 0 radical (unpaired) electrons. The summed E-state index contributed by atoms with van der Waals surface area (Å²) >= 11 is 3.47. The maximum Gasteiger partial charge on any atom is 0.213 e. The smallest absolute Gasteiger partial charge is 0.213 e. The molecule has 14 heavy (non-hydrogen) atoms. The number of alkyl halides is 1. The molecule has 6 heteroatoms. The van der Waals surface area contributed by atoms with E-state index >= 15 is 0 Å². The summed E-state index contributed by atoms with van der Waals surface area (Å²) in [4.78, 5) is 0.278. The van der Waals surface area contributed by atoms with Crippen LogP contribution >= 0.6 is 15.9 Å². The number of hydrogen-bond acceptors (Lipinski definition) is 3. The lowest BCUT2D eigenvalue weighted by Gasteiger charge is -2.10. The van der Waals surface area contributed by atoms with Gasteiger partial charge >= 0.3 is 0 Å². The van der Waals surface area contributed by atoms with Crippen molar-refractivity contribution < 1.29 is 13.2 Å². The zero-order valence-corrected chi connectivity index (χ0v) is 10.6. The Bertz CT molecular complexity index is 264. The van der Waals surface area contributed by atoms with Gasteiger partial charge in [-0.1, -0.05) is 15.9 Å². The molecule has 84 valence electrons. The SMILES string of the molecule is COCCS(=O)(=O)NCC(Br)C1CC1. The van der Waals surface area contributed by atoms with Crippen molar-refractivity contribution >= 4 is 26.0 Å². The van der Waals surface area contributed by atoms with Crippen molar-refractivity contribution in [1.82, 2.24) is 4.72 Å². The molecule has 0 amide bonds. The Hall–Kier alpha value is 0.350. The zero-order valence-electron chi connectivity index (χ0n) is 8.20. The van der Waals surface area contributed by atoms with Crippen LogP contribution in [0.5, 0.6) is 0 Å². The number of methoxy groups -OCH3 is 1. The predicted octanol–water partition coefficient (Wildman–Crippen LogP) is 0.726. The topological polar surface area (TPSA) is 55.4 Å². The van der Waals surface area contributed by atoms with Crippen LogP contribution in [0.15, 0.2) is 0 Å². The summed E-state index contributed by atoms with van der Waals surface area (Å²) < 4.78 is 29.9. The van der Waals surface area contributed by atoms with Crippen molar-refractivity contribution in [2.75, 3.05) is 26.0 Å². The Balaban J connectivity index is 2.20. The van der Waals surface area contributed by atoms with Gasteiger partial charge < -0.3 is 4.74 Å². The van der Waals surface area contributed by atoms with Crippen LogP contribution in [0.3, 0.4) is 0 Å². The van der Waals surface area contributed by atoms with Gasteiger partial charge in [-0.05, 0) is 18.8 Å². The second-order valence-electron chi connectivity index (χ2n) is 3.51. The van der Waals surface area contributed by atoms with Crippen LogP contribution in [0.25, 0.3) is 0 Å². The summed E-state index contributed by atoms with van der Waals surface area (Å²) in [6.45, 7) is 0.725. The number of halogens is 1. The van der Waals surface area contributed by atoms with E-state index in [1.807, 2.05) is 0 Å². The van der Waals surface area contributed by atoms with Crippen molar-refractivity contribution in [3.8, 4) is 0 Å². The number of hydrogen-bond donors (Lipinski definition) is 1. The first-order chi connectivity index (χ1) is 6.55. The van der Waals surface area contributed by atoms with Gasteiger partial charge in [0, 0.05) is 18.5 Å². The normalized spacial score (nSPS) is 19.6. The van der Waals surface area contributed by atoms with Gasteiger partial charge in [-0.25, -0.2) is 13.1 Å². The first-order valence-electron chi connectivity index (χ1n) is 4.65. The molecule has 0 spiro atoms. The first kappa shape index (κ1) is 12.4. The van der Waals surface area contributed by atoms with E-state index in [9.17, 15) is 8.42 Å². The lowest BCUT2D eigenvalue weighted by atomic mass is 10.3. The average molecular weight is 286 g/mol. The number of ether oxygens (including phenoxy) is 1. The van der Waals surface area contributed by atoms with Gasteiger partial charge in [0.25, 0.3) is 0 Å². The van der Waals surface area contributed by atoms with Crippen molar-refractivity contribution in [1.29, 1.82) is 0 Å². The molecule has 1 aliphatic rings. The fourth-order valence-corrected chi connectivity index (χ4v) is 2.97. The minimum absolute atomic E-state index is 0.0356. The van der Waals surface area contributed by atoms with Gasteiger partial charge in [-0.15, -0.1) is 0 Å². The van der Waals surface area contributed by atoms with Crippen LogP contribution in [0.4, 0.5) is 0 Å². The minimum atomic E-state index is -3.15. The fourth-order valence-electron chi connectivity index (χ4n) is 1.10. The summed E-state index contributed by atoms with van der Waals surface area (Å²) in [5.74, 6) is 0.688. The summed E-state index contributed by atoms with van der Waals surface area (Å²) in [6.07, 6.45) is 2.41. The minimum Gasteiger partial charge on any atom is -0.384 e. The Morgan fingerprint density at radius 2 is 2.21 bits per heavy atom. The van der Waals surface area contributed by atoms with Gasteiger partial charge in [-0.2, -0.15) is 0 Å². The molecule has 0 aromatic heterocycles. The van der Waals surface area contributed by atoms with Gasteiger partial charge in [0.1, 0.15) is 0 Å². The third-order valence-electron chi connectivity index (χ3n) is 2.19. The molecule has 1 rings (SSSR count). The summed E-state index contributed by atoms with van der Waals surface area (Å²) in [5, 5.41) is 0. The van der Waals surface area contributed by atoms with Crippen LogP contribution in [0.1, 0.15) is 12.8 Å². The van der Waals surface area contributed by atoms with Crippen LogP contribution in [-0.4, -0.2) is 39.3 Å². The van der Waals surface area contributed by atoms with Crippen molar-refractivity contribution in [2.24, 2.45) is 5.92 Å². The number of nitrogens with one attached hydrogen (secondary N) is 1. The molecular weight excluding hydrogens is 270 g/mol. The highest BCUT2D eigenvalue weighted by atomic mass is 79.9. The van der Waals surface area contributed by atoms with Gasteiger partial charge in [0.2, 0.25) is 10.0 Å². The van der Waals surface area contributed by atoms with Gasteiger partial charge in [-0.3, -0.25) is 0 Å². The average Bonchev–Trinajstić information content (AvgIpc) is 2.94. The standard InChI is InChI=1S/C8H16BrNO3S/c1-13-4-5-14(11,12)10-6-8(9)7-2-3-7/h7-8,10H,2-6H2,1H3. The monoisotopic (exact) mass is 285 g/mol. The molecule has 0 heterocycles. The largest absolute Gasteiger partial charge is 0.384 e. The number of sulfonamides is 1. The maximum absolute atomic E-state index is 11.3. The molecule has 0 bridgehead atoms. The van der Waals surface area contributed by atoms with E-state index in [0.29, 0.717) is 12.5 Å². The van der Waals surface area contributed by atoms with Crippen LogP contribution in [0.2, 0.25) is 0 Å². The van der Waals surface area contributed by atoms with E-state index < -0.39 is 10.0 Å². The first-order valence-corrected chi connectivity index (χ1v) is 7.22. The molecule has 1 N–H and O–H groups in total. The molecule has 1 atom stereocenters. The Labute approximate surface area is 93.6 Å². The molecule has 0 saturated heterocycles. The van der Waals surface area contributed by atoms with E-state index in [-0.39, 0.29) is 17.2 Å². The molecule has 1 unspecified atom stereocenters. The van der Waals surface area contributed by atoms with E-state index in [0.717, 1.165) is 0 Å². The third-order valence-corrected chi connectivity index (χ3v) is 4.57. The molecule has 0 aromatic rings. The molecule has 1 aliphatic carbocycles. The van der Waals surface area contributed by atoms with Gasteiger partial charge in [0.05, 0.1) is 12.4 Å². The lowest BCUT2D eigenvalue weighted by Crippen LogP contribution is -2.33. The highest BCUT2D eigenvalue weighted by molar-refractivity contribution is 9.09. The van der Waals surface area contributed by atoms with E-state index in [2.05, 4.69) is 20.7 Å². The van der Waals surface area contributed by atoms with E-state index in [1.54, 1.807) is 0 Å². The predicted molar refractivity (Wildman–Crippen MR) is 59.1 cm³/mol. The van der Waals surface area contributed by atoms with Crippen molar-refractivity contribution in [2.45, 2.75) is 17.7 Å². The second-order valence-corrected chi connectivity index (χ2v) is 6.62. The molecule has 1 saturated carbocycles. The van der Waals surface area contributed by atoms with Crippen LogP contribution in [0, 0.1) is 5.92 Å². The molecule has 4 nitrogen and oxygen atoms in total. The molecule has 0 aliphatic heterocycles. The van der Waals surface area contributed by atoms with E-state index in [1.165, 1.54) is 20.0 Å². The van der Waals surface area contributed by atoms with Crippen LogP contribution < -0.4 is 4.72 Å². The Morgan fingerprint density at radius 1 is 1.57 bits per heavy atom. The van der Waals surface area contributed by atoms with Crippen LogP contribution in [-0.2, 0) is 14.8 Å². The highest BCUT2D eigenvalue weighted by Gasteiger charge is 2.29. The quantitative estimate of drug-likeness (QED) is 0.702. The Kier molecular flexibility index (Phi) is 4.82. The molecular formula is C8H16BrNO3S. The summed E-state index contributed by atoms with van der Waals surface area (Å²) in [6, 6.07) is 0. The van der Waals surface area contributed by atoms with E-state index in [4.69, 9.17) is 4.74 Å².